The van der Waals surface area contributed by atoms with E-state index in [9.17, 15) is 4.79 Å². The second-order valence-electron chi connectivity index (χ2n) is 5.14. The van der Waals surface area contributed by atoms with Crippen molar-refractivity contribution >= 4 is 11.7 Å². The lowest BCUT2D eigenvalue weighted by atomic mass is 10.1. The van der Waals surface area contributed by atoms with E-state index in [1.807, 2.05) is 39.8 Å². The van der Waals surface area contributed by atoms with E-state index in [4.69, 9.17) is 15.2 Å². The van der Waals surface area contributed by atoms with Gasteiger partial charge in [-0.25, -0.2) is 4.79 Å². The van der Waals surface area contributed by atoms with Gasteiger partial charge in [0.15, 0.2) is 0 Å². The summed E-state index contributed by atoms with van der Waals surface area (Å²) < 4.78 is 10.6. The van der Waals surface area contributed by atoms with Gasteiger partial charge in [0.1, 0.15) is 6.61 Å². The molecule has 0 amide bonds. The molecule has 0 heterocycles. The molecular weight excluding hydrogens is 230 g/mol. The van der Waals surface area contributed by atoms with Crippen LogP contribution in [0.4, 0.5) is 5.69 Å². The number of hydrogen-bond donors (Lipinski definition) is 1. The molecule has 18 heavy (non-hydrogen) atoms. The molecule has 4 heteroatoms. The molecule has 100 valence electrons. The molecule has 0 saturated heterocycles. The molecule has 1 aromatic carbocycles. The molecule has 0 fully saturated rings. The second kappa shape index (κ2) is 5.87. The zero-order chi connectivity index (χ0) is 13.8. The van der Waals surface area contributed by atoms with Crippen LogP contribution >= 0.6 is 0 Å². The molecule has 0 radical (unpaired) electrons. The van der Waals surface area contributed by atoms with Crippen molar-refractivity contribution in [3.8, 4) is 0 Å². The highest BCUT2D eigenvalue weighted by atomic mass is 16.6. The Bertz CT molecular complexity index is 401. The molecule has 0 aliphatic heterocycles. The molecular formula is C14H21NO3. The van der Waals surface area contributed by atoms with E-state index >= 15 is 0 Å². The number of esters is 1. The van der Waals surface area contributed by atoms with E-state index in [0.717, 1.165) is 5.56 Å². The molecule has 2 N–H and O–H groups in total. The Labute approximate surface area is 108 Å². The fraction of sp³-hybridized carbons (Fsp3) is 0.500. The summed E-state index contributed by atoms with van der Waals surface area (Å²) in [5.74, 6) is -0.400. The van der Waals surface area contributed by atoms with Crippen LogP contribution in [0.5, 0.6) is 0 Å². The second-order valence-corrected chi connectivity index (χ2v) is 5.14. The maximum absolute atomic E-state index is 11.9. The summed E-state index contributed by atoms with van der Waals surface area (Å²) >= 11 is 0. The van der Waals surface area contributed by atoms with Crippen molar-refractivity contribution in [1.82, 2.24) is 0 Å². The van der Waals surface area contributed by atoms with E-state index < -0.39 is 5.97 Å². The SMILES string of the molecule is Cc1cccc(N)c1C(=O)OCCOC(C)(C)C. The van der Waals surface area contributed by atoms with E-state index in [1.165, 1.54) is 0 Å². The average molecular weight is 251 g/mol. The first-order valence-corrected chi connectivity index (χ1v) is 5.97. The van der Waals surface area contributed by atoms with Crippen molar-refractivity contribution in [3.63, 3.8) is 0 Å². The molecule has 4 nitrogen and oxygen atoms in total. The number of nitrogen functional groups attached to an aromatic ring is 1. The first-order chi connectivity index (χ1) is 8.31. The van der Waals surface area contributed by atoms with Gasteiger partial charge in [0.25, 0.3) is 0 Å². The van der Waals surface area contributed by atoms with Crippen LogP contribution in [0.3, 0.4) is 0 Å². The molecule has 0 atom stereocenters. The largest absolute Gasteiger partial charge is 0.460 e. The van der Waals surface area contributed by atoms with Gasteiger partial charge in [0.05, 0.1) is 17.8 Å². The van der Waals surface area contributed by atoms with Crippen molar-refractivity contribution in [3.05, 3.63) is 29.3 Å². The molecule has 0 spiro atoms. The van der Waals surface area contributed by atoms with Crippen molar-refractivity contribution < 1.29 is 14.3 Å². The summed E-state index contributed by atoms with van der Waals surface area (Å²) in [4.78, 5) is 11.9. The average Bonchev–Trinajstić information content (AvgIpc) is 2.23. The van der Waals surface area contributed by atoms with Crippen molar-refractivity contribution in [1.29, 1.82) is 0 Å². The fourth-order valence-electron chi connectivity index (χ4n) is 1.52. The third kappa shape index (κ3) is 4.37. The van der Waals surface area contributed by atoms with Crippen molar-refractivity contribution in [2.75, 3.05) is 18.9 Å². The Hall–Kier alpha value is -1.55. The van der Waals surface area contributed by atoms with Gasteiger partial charge in [0, 0.05) is 5.69 Å². The molecule has 1 rings (SSSR count). The molecule has 0 aliphatic rings. The fourth-order valence-corrected chi connectivity index (χ4v) is 1.52. The summed E-state index contributed by atoms with van der Waals surface area (Å²) in [5, 5.41) is 0. The third-order valence-electron chi connectivity index (χ3n) is 2.36. The van der Waals surface area contributed by atoms with Gasteiger partial charge in [-0.2, -0.15) is 0 Å². The van der Waals surface area contributed by atoms with E-state index in [1.54, 1.807) is 6.07 Å². The minimum Gasteiger partial charge on any atom is -0.460 e. The smallest absolute Gasteiger partial charge is 0.340 e. The third-order valence-corrected chi connectivity index (χ3v) is 2.36. The number of carbonyl (C=O) groups excluding carboxylic acids is 1. The van der Waals surface area contributed by atoms with Crippen LogP contribution in [0.25, 0.3) is 0 Å². The Kier molecular flexibility index (Phi) is 4.73. The van der Waals surface area contributed by atoms with Gasteiger partial charge in [0.2, 0.25) is 0 Å². The normalized spacial score (nSPS) is 11.3. The van der Waals surface area contributed by atoms with Gasteiger partial charge in [-0.15, -0.1) is 0 Å². The van der Waals surface area contributed by atoms with Crippen LogP contribution in [-0.4, -0.2) is 24.8 Å². The van der Waals surface area contributed by atoms with Crippen molar-refractivity contribution in [2.24, 2.45) is 0 Å². The summed E-state index contributed by atoms with van der Waals surface area (Å²) in [7, 11) is 0. The maximum atomic E-state index is 11.9. The summed E-state index contributed by atoms with van der Waals surface area (Å²) in [6.45, 7) is 8.29. The number of ether oxygens (including phenoxy) is 2. The van der Waals surface area contributed by atoms with Crippen LogP contribution < -0.4 is 5.73 Å². The number of benzene rings is 1. The summed E-state index contributed by atoms with van der Waals surface area (Å²) in [5.41, 5.74) is 7.23. The monoisotopic (exact) mass is 251 g/mol. The van der Waals surface area contributed by atoms with Gasteiger partial charge < -0.3 is 15.2 Å². The minimum absolute atomic E-state index is 0.226. The van der Waals surface area contributed by atoms with Gasteiger partial charge in [-0.05, 0) is 39.3 Å². The van der Waals surface area contributed by atoms with Crippen LogP contribution in [-0.2, 0) is 9.47 Å². The molecule has 1 aromatic rings. The number of anilines is 1. The first kappa shape index (κ1) is 14.5. The van der Waals surface area contributed by atoms with E-state index in [0.29, 0.717) is 17.9 Å². The molecule has 0 saturated carbocycles. The zero-order valence-electron chi connectivity index (χ0n) is 11.4. The molecule has 0 unspecified atom stereocenters. The standard InChI is InChI=1S/C14H21NO3/c1-10-6-5-7-11(15)12(10)13(16)17-8-9-18-14(2,3)4/h5-7H,8-9,15H2,1-4H3. The number of aryl methyl sites for hydroxylation is 1. The van der Waals surface area contributed by atoms with Crippen LogP contribution in [0.1, 0.15) is 36.7 Å². The number of hydrogen-bond acceptors (Lipinski definition) is 4. The predicted molar refractivity (Wildman–Crippen MR) is 71.6 cm³/mol. The van der Waals surface area contributed by atoms with Gasteiger partial charge in [-0.3, -0.25) is 0 Å². The van der Waals surface area contributed by atoms with Crippen LogP contribution in [0, 0.1) is 6.92 Å². The lowest BCUT2D eigenvalue weighted by Gasteiger charge is -2.19. The number of rotatable bonds is 4. The highest BCUT2D eigenvalue weighted by Gasteiger charge is 2.15. The van der Waals surface area contributed by atoms with Crippen LogP contribution in [0.15, 0.2) is 18.2 Å². The van der Waals surface area contributed by atoms with Crippen LogP contribution in [0.2, 0.25) is 0 Å². The lowest BCUT2D eigenvalue weighted by Crippen LogP contribution is -2.23. The van der Waals surface area contributed by atoms with E-state index in [2.05, 4.69) is 0 Å². The number of carbonyl (C=O) groups is 1. The van der Waals surface area contributed by atoms with Crippen molar-refractivity contribution in [2.45, 2.75) is 33.3 Å². The quantitative estimate of drug-likeness (QED) is 0.507. The maximum Gasteiger partial charge on any atom is 0.340 e. The Morgan fingerprint density at radius 3 is 2.50 bits per heavy atom. The molecule has 0 aromatic heterocycles. The highest BCUT2D eigenvalue weighted by molar-refractivity contribution is 5.96. The topological polar surface area (TPSA) is 61.6 Å². The zero-order valence-corrected chi connectivity index (χ0v) is 11.4. The number of nitrogens with two attached hydrogens (primary N) is 1. The highest BCUT2D eigenvalue weighted by Crippen LogP contribution is 2.17. The van der Waals surface area contributed by atoms with Gasteiger partial charge >= 0.3 is 5.97 Å². The first-order valence-electron chi connectivity index (χ1n) is 5.97. The summed E-state index contributed by atoms with van der Waals surface area (Å²) in [6, 6.07) is 5.33. The Morgan fingerprint density at radius 2 is 1.94 bits per heavy atom. The summed E-state index contributed by atoms with van der Waals surface area (Å²) in [6.07, 6.45) is 0. The minimum atomic E-state index is -0.400. The lowest BCUT2D eigenvalue weighted by molar-refractivity contribution is -0.0281. The van der Waals surface area contributed by atoms with Gasteiger partial charge in [-0.1, -0.05) is 12.1 Å². The Morgan fingerprint density at radius 1 is 1.28 bits per heavy atom. The Balaban J connectivity index is 2.51. The van der Waals surface area contributed by atoms with E-state index in [-0.39, 0.29) is 12.2 Å². The predicted octanol–water partition coefficient (Wildman–Crippen LogP) is 2.55. The molecule has 0 bridgehead atoms. The molecule has 0 aliphatic carbocycles.